The monoisotopic (exact) mass is 194 g/mol. The van der Waals surface area contributed by atoms with Crippen molar-refractivity contribution in [2.75, 3.05) is 0 Å². The largest absolute Gasteiger partial charge is 0.393 e. The van der Waals surface area contributed by atoms with Gasteiger partial charge in [0.25, 0.3) is 0 Å². The van der Waals surface area contributed by atoms with Gasteiger partial charge in [-0.2, -0.15) is 0 Å². The van der Waals surface area contributed by atoms with E-state index in [0.717, 1.165) is 24.7 Å². The number of fused-ring (bicyclic) bond motifs is 1. The SMILES string of the molecule is CC1CC=C2C[C@@H](O)CC[C@]2(C)C1C. The Morgan fingerprint density at radius 1 is 1.43 bits per heavy atom. The molecular formula is C13H22O. The Morgan fingerprint density at radius 3 is 2.86 bits per heavy atom. The molecule has 80 valence electrons. The Bertz CT molecular complexity index is 256. The van der Waals surface area contributed by atoms with E-state index in [1.165, 1.54) is 18.4 Å². The van der Waals surface area contributed by atoms with E-state index in [1.807, 2.05) is 0 Å². The molecule has 0 heterocycles. The molecule has 14 heavy (non-hydrogen) atoms. The molecule has 1 nitrogen and oxygen atoms in total. The lowest BCUT2D eigenvalue weighted by Gasteiger charge is -2.48. The number of aliphatic hydroxyl groups is 1. The predicted octanol–water partition coefficient (Wildman–Crippen LogP) is 3.14. The van der Waals surface area contributed by atoms with E-state index in [9.17, 15) is 5.11 Å². The summed E-state index contributed by atoms with van der Waals surface area (Å²) in [6.07, 6.45) is 6.62. The van der Waals surface area contributed by atoms with Crippen LogP contribution in [-0.2, 0) is 0 Å². The van der Waals surface area contributed by atoms with E-state index in [4.69, 9.17) is 0 Å². The molecule has 2 unspecified atom stereocenters. The zero-order valence-corrected chi connectivity index (χ0v) is 9.59. The fraction of sp³-hybridized carbons (Fsp3) is 0.846. The summed E-state index contributed by atoms with van der Waals surface area (Å²) in [5, 5.41) is 9.67. The van der Waals surface area contributed by atoms with Gasteiger partial charge in [0.05, 0.1) is 6.10 Å². The molecule has 4 atom stereocenters. The van der Waals surface area contributed by atoms with Gasteiger partial charge in [0.15, 0.2) is 0 Å². The molecule has 0 bridgehead atoms. The average Bonchev–Trinajstić information content (AvgIpc) is 2.16. The Balaban J connectivity index is 2.28. The van der Waals surface area contributed by atoms with Crippen molar-refractivity contribution in [3.8, 4) is 0 Å². The van der Waals surface area contributed by atoms with Crippen molar-refractivity contribution in [3.05, 3.63) is 11.6 Å². The Kier molecular flexibility index (Phi) is 2.46. The van der Waals surface area contributed by atoms with Crippen molar-refractivity contribution in [3.63, 3.8) is 0 Å². The van der Waals surface area contributed by atoms with Crippen molar-refractivity contribution >= 4 is 0 Å². The summed E-state index contributed by atoms with van der Waals surface area (Å²) in [4.78, 5) is 0. The van der Waals surface area contributed by atoms with Gasteiger partial charge in [0.2, 0.25) is 0 Å². The van der Waals surface area contributed by atoms with Gasteiger partial charge in [-0.1, -0.05) is 32.4 Å². The van der Waals surface area contributed by atoms with Crippen LogP contribution in [0.15, 0.2) is 11.6 Å². The van der Waals surface area contributed by atoms with Gasteiger partial charge in [0.1, 0.15) is 0 Å². The summed E-state index contributed by atoms with van der Waals surface area (Å²) in [7, 11) is 0. The highest BCUT2D eigenvalue weighted by Gasteiger charge is 2.42. The summed E-state index contributed by atoms with van der Waals surface area (Å²) in [6.45, 7) is 7.13. The summed E-state index contributed by atoms with van der Waals surface area (Å²) < 4.78 is 0. The maximum atomic E-state index is 9.67. The first-order chi connectivity index (χ1) is 6.54. The van der Waals surface area contributed by atoms with Crippen molar-refractivity contribution in [1.82, 2.24) is 0 Å². The lowest BCUT2D eigenvalue weighted by molar-refractivity contribution is 0.0631. The standard InChI is InChI=1S/C13H22O/c1-9-4-5-11-8-12(14)6-7-13(11,3)10(9)2/h5,9-10,12,14H,4,6-8H2,1-3H3/t9?,10?,12-,13+/m0/s1. The Morgan fingerprint density at radius 2 is 2.14 bits per heavy atom. The molecule has 0 aromatic heterocycles. The number of aliphatic hydroxyl groups excluding tert-OH is 1. The summed E-state index contributed by atoms with van der Waals surface area (Å²) in [5.41, 5.74) is 1.92. The molecule has 2 aliphatic carbocycles. The first kappa shape index (κ1) is 10.2. The van der Waals surface area contributed by atoms with Crippen LogP contribution in [0.25, 0.3) is 0 Å². The number of hydrogen-bond acceptors (Lipinski definition) is 1. The normalized spacial score (nSPS) is 48.3. The average molecular weight is 194 g/mol. The zero-order valence-electron chi connectivity index (χ0n) is 9.59. The van der Waals surface area contributed by atoms with Crippen molar-refractivity contribution in [2.45, 2.75) is 52.6 Å². The first-order valence-electron chi connectivity index (χ1n) is 5.91. The first-order valence-corrected chi connectivity index (χ1v) is 5.91. The van der Waals surface area contributed by atoms with E-state index >= 15 is 0 Å². The third kappa shape index (κ3) is 1.42. The van der Waals surface area contributed by atoms with E-state index in [-0.39, 0.29) is 6.10 Å². The van der Waals surface area contributed by atoms with Crippen molar-refractivity contribution in [1.29, 1.82) is 0 Å². The second kappa shape index (κ2) is 3.37. The molecule has 1 fully saturated rings. The van der Waals surface area contributed by atoms with E-state index in [0.29, 0.717) is 5.41 Å². The highest BCUT2D eigenvalue weighted by molar-refractivity contribution is 5.22. The van der Waals surface area contributed by atoms with Gasteiger partial charge < -0.3 is 5.11 Å². The molecule has 1 saturated carbocycles. The van der Waals surface area contributed by atoms with Crippen LogP contribution in [0.5, 0.6) is 0 Å². The van der Waals surface area contributed by atoms with Crippen LogP contribution in [0.3, 0.4) is 0 Å². The number of hydrogen-bond donors (Lipinski definition) is 1. The van der Waals surface area contributed by atoms with Crippen LogP contribution in [0, 0.1) is 17.3 Å². The molecule has 0 radical (unpaired) electrons. The van der Waals surface area contributed by atoms with Crippen molar-refractivity contribution in [2.24, 2.45) is 17.3 Å². The molecular weight excluding hydrogens is 172 g/mol. The van der Waals surface area contributed by atoms with Gasteiger partial charge in [-0.05, 0) is 42.9 Å². The minimum Gasteiger partial charge on any atom is -0.393 e. The Hall–Kier alpha value is -0.300. The summed E-state index contributed by atoms with van der Waals surface area (Å²) in [6, 6.07) is 0. The van der Waals surface area contributed by atoms with Gasteiger partial charge in [0, 0.05) is 0 Å². The number of allylic oxidation sites excluding steroid dienone is 1. The van der Waals surface area contributed by atoms with Crippen LogP contribution in [0.1, 0.15) is 46.5 Å². The van der Waals surface area contributed by atoms with E-state index in [1.54, 1.807) is 0 Å². The smallest absolute Gasteiger partial charge is 0.0577 e. The van der Waals surface area contributed by atoms with Crippen LogP contribution < -0.4 is 0 Å². The van der Waals surface area contributed by atoms with E-state index < -0.39 is 0 Å². The maximum absolute atomic E-state index is 9.67. The van der Waals surface area contributed by atoms with E-state index in [2.05, 4.69) is 26.8 Å². The van der Waals surface area contributed by atoms with Gasteiger partial charge in [-0.15, -0.1) is 0 Å². The van der Waals surface area contributed by atoms with Crippen LogP contribution in [0.2, 0.25) is 0 Å². The molecule has 0 saturated heterocycles. The predicted molar refractivity (Wildman–Crippen MR) is 59.0 cm³/mol. The van der Waals surface area contributed by atoms with Crippen LogP contribution in [0.4, 0.5) is 0 Å². The molecule has 0 aromatic carbocycles. The van der Waals surface area contributed by atoms with Crippen molar-refractivity contribution < 1.29 is 5.11 Å². The maximum Gasteiger partial charge on any atom is 0.0577 e. The minimum absolute atomic E-state index is 0.0741. The molecule has 1 heteroatoms. The lowest BCUT2D eigenvalue weighted by atomic mass is 9.58. The quantitative estimate of drug-likeness (QED) is 0.587. The molecule has 0 aromatic rings. The molecule has 2 aliphatic rings. The lowest BCUT2D eigenvalue weighted by Crippen LogP contribution is -2.40. The second-order valence-electron chi connectivity index (χ2n) is 5.55. The fourth-order valence-electron chi connectivity index (χ4n) is 3.21. The Labute approximate surface area is 87.2 Å². The molecule has 2 rings (SSSR count). The molecule has 0 spiro atoms. The van der Waals surface area contributed by atoms with Crippen LogP contribution >= 0.6 is 0 Å². The minimum atomic E-state index is -0.0741. The highest BCUT2D eigenvalue weighted by Crippen LogP contribution is 2.52. The fourth-order valence-corrected chi connectivity index (χ4v) is 3.21. The topological polar surface area (TPSA) is 20.2 Å². The van der Waals surface area contributed by atoms with Gasteiger partial charge in [-0.3, -0.25) is 0 Å². The van der Waals surface area contributed by atoms with Gasteiger partial charge in [-0.25, -0.2) is 0 Å². The highest BCUT2D eigenvalue weighted by atomic mass is 16.3. The molecule has 0 aliphatic heterocycles. The van der Waals surface area contributed by atoms with Crippen LogP contribution in [-0.4, -0.2) is 11.2 Å². The summed E-state index contributed by atoms with van der Waals surface area (Å²) in [5.74, 6) is 1.58. The molecule has 1 N–H and O–H groups in total. The zero-order chi connectivity index (χ0) is 10.3. The van der Waals surface area contributed by atoms with Gasteiger partial charge >= 0.3 is 0 Å². The third-order valence-electron chi connectivity index (χ3n) is 4.78. The second-order valence-corrected chi connectivity index (χ2v) is 5.55. The third-order valence-corrected chi connectivity index (χ3v) is 4.78. The summed E-state index contributed by atoms with van der Waals surface area (Å²) >= 11 is 0. The molecule has 0 amide bonds. The number of rotatable bonds is 0.